The van der Waals surface area contributed by atoms with Crippen LogP contribution in [0.5, 0.6) is 5.75 Å². The topological polar surface area (TPSA) is 50.8 Å². The lowest BCUT2D eigenvalue weighted by Gasteiger charge is -2.39. The Morgan fingerprint density at radius 3 is 2.75 bits per heavy atom. The molecule has 0 aromatic heterocycles. The fourth-order valence-corrected chi connectivity index (χ4v) is 3.38. The van der Waals surface area contributed by atoms with Gasteiger partial charge in [-0.2, -0.15) is 0 Å². The first-order valence-corrected chi connectivity index (χ1v) is 8.20. The molecular formula is C19H24N2O3. The average molecular weight is 328 g/mol. The molecule has 0 bridgehead atoms. The molecule has 1 heterocycles. The van der Waals surface area contributed by atoms with Crippen molar-refractivity contribution in [3.05, 3.63) is 42.0 Å². The van der Waals surface area contributed by atoms with Crippen molar-refractivity contribution in [3.8, 4) is 5.75 Å². The van der Waals surface area contributed by atoms with Crippen molar-refractivity contribution in [1.29, 1.82) is 0 Å². The first-order chi connectivity index (χ1) is 11.6. The minimum Gasteiger partial charge on any atom is -0.496 e. The van der Waals surface area contributed by atoms with Crippen molar-refractivity contribution in [3.63, 3.8) is 0 Å². The summed E-state index contributed by atoms with van der Waals surface area (Å²) in [7, 11) is 3.34. The van der Waals surface area contributed by atoms with E-state index in [0.717, 1.165) is 24.2 Å². The number of carbonyl (C=O) groups is 1. The van der Waals surface area contributed by atoms with E-state index in [9.17, 15) is 4.79 Å². The summed E-state index contributed by atoms with van der Waals surface area (Å²) in [6.07, 6.45) is 0. The zero-order valence-electron chi connectivity index (χ0n) is 14.5. The molecule has 0 spiro atoms. The van der Waals surface area contributed by atoms with E-state index < -0.39 is 5.60 Å². The van der Waals surface area contributed by atoms with Crippen LogP contribution < -0.4 is 10.1 Å². The number of carbonyl (C=O) groups excluding carboxylic acids is 1. The summed E-state index contributed by atoms with van der Waals surface area (Å²) >= 11 is 0. The van der Waals surface area contributed by atoms with Crippen molar-refractivity contribution >= 4 is 16.7 Å². The summed E-state index contributed by atoms with van der Waals surface area (Å²) in [4.78, 5) is 14.4. The average Bonchev–Trinajstić information content (AvgIpc) is 2.61. The Kier molecular flexibility index (Phi) is 4.73. The minimum atomic E-state index is -0.796. The molecule has 1 aliphatic rings. The first kappa shape index (κ1) is 16.7. The molecule has 24 heavy (non-hydrogen) atoms. The summed E-state index contributed by atoms with van der Waals surface area (Å²) < 4.78 is 11.2. The Morgan fingerprint density at radius 2 is 2.04 bits per heavy atom. The molecule has 1 atom stereocenters. The van der Waals surface area contributed by atoms with E-state index in [1.165, 1.54) is 10.9 Å². The van der Waals surface area contributed by atoms with Crippen molar-refractivity contribution in [2.45, 2.75) is 19.1 Å². The third-order valence-electron chi connectivity index (χ3n) is 4.65. The molecule has 1 N–H and O–H groups in total. The summed E-state index contributed by atoms with van der Waals surface area (Å²) in [6, 6.07) is 12.4. The molecule has 0 saturated carbocycles. The lowest BCUT2D eigenvalue weighted by atomic mass is 10.00. The zero-order valence-corrected chi connectivity index (χ0v) is 14.5. The van der Waals surface area contributed by atoms with E-state index in [-0.39, 0.29) is 5.91 Å². The second-order valence-electron chi connectivity index (χ2n) is 6.34. The van der Waals surface area contributed by atoms with E-state index in [1.807, 2.05) is 25.1 Å². The molecule has 1 fully saturated rings. The maximum absolute atomic E-state index is 12.1. The molecule has 0 aliphatic carbocycles. The maximum atomic E-state index is 12.1. The summed E-state index contributed by atoms with van der Waals surface area (Å²) in [6.45, 7) is 4.57. The lowest BCUT2D eigenvalue weighted by molar-refractivity contribution is -0.156. The molecule has 128 valence electrons. The predicted molar refractivity (Wildman–Crippen MR) is 94.2 cm³/mol. The van der Waals surface area contributed by atoms with Gasteiger partial charge in [-0.25, -0.2) is 0 Å². The standard InChI is InChI=1S/C19H24N2O3/c1-19(18(22)20-2)13-21(10-11-24-19)12-14-8-9-17(23-3)16-7-5-4-6-15(14)16/h4-9H,10-13H2,1-3H3,(H,20,22). The molecule has 2 aromatic rings. The quantitative estimate of drug-likeness (QED) is 0.935. The van der Waals surface area contributed by atoms with Gasteiger partial charge in [0.05, 0.1) is 13.7 Å². The minimum absolute atomic E-state index is 0.0770. The number of nitrogens with one attached hydrogen (secondary N) is 1. The van der Waals surface area contributed by atoms with Crippen LogP contribution >= 0.6 is 0 Å². The number of methoxy groups -OCH3 is 1. The van der Waals surface area contributed by atoms with E-state index >= 15 is 0 Å². The highest BCUT2D eigenvalue weighted by Crippen LogP contribution is 2.30. The van der Waals surface area contributed by atoms with Crippen molar-refractivity contribution in [2.75, 3.05) is 33.9 Å². The van der Waals surface area contributed by atoms with Crippen LogP contribution in [0.4, 0.5) is 0 Å². The number of fused-ring (bicyclic) bond motifs is 1. The fraction of sp³-hybridized carbons (Fsp3) is 0.421. The monoisotopic (exact) mass is 328 g/mol. The Morgan fingerprint density at radius 1 is 1.29 bits per heavy atom. The van der Waals surface area contributed by atoms with Crippen LogP contribution in [0.25, 0.3) is 10.8 Å². The molecule has 3 rings (SSSR count). The Labute approximate surface area is 142 Å². The van der Waals surface area contributed by atoms with Gasteiger partial charge in [-0.05, 0) is 23.9 Å². The van der Waals surface area contributed by atoms with Crippen molar-refractivity contribution < 1.29 is 14.3 Å². The number of hydrogen-bond donors (Lipinski definition) is 1. The molecule has 0 radical (unpaired) electrons. The van der Waals surface area contributed by atoms with Crippen LogP contribution in [0.15, 0.2) is 36.4 Å². The number of benzene rings is 2. The first-order valence-electron chi connectivity index (χ1n) is 8.20. The van der Waals surface area contributed by atoms with Gasteiger partial charge in [0.1, 0.15) is 5.75 Å². The smallest absolute Gasteiger partial charge is 0.253 e. The van der Waals surface area contributed by atoms with Crippen molar-refractivity contribution in [2.24, 2.45) is 0 Å². The second-order valence-corrected chi connectivity index (χ2v) is 6.34. The molecule has 2 aromatic carbocycles. The number of rotatable bonds is 4. The van der Waals surface area contributed by atoms with Gasteiger partial charge in [-0.3, -0.25) is 9.69 Å². The highest BCUT2D eigenvalue weighted by atomic mass is 16.5. The van der Waals surface area contributed by atoms with Crippen LogP contribution in [-0.4, -0.2) is 50.3 Å². The third-order valence-corrected chi connectivity index (χ3v) is 4.65. The maximum Gasteiger partial charge on any atom is 0.253 e. The largest absolute Gasteiger partial charge is 0.496 e. The van der Waals surface area contributed by atoms with Gasteiger partial charge in [0.25, 0.3) is 5.91 Å². The van der Waals surface area contributed by atoms with E-state index in [1.54, 1.807) is 14.2 Å². The van der Waals surface area contributed by atoms with Gasteiger partial charge >= 0.3 is 0 Å². The van der Waals surface area contributed by atoms with Crippen LogP contribution in [0.2, 0.25) is 0 Å². The van der Waals surface area contributed by atoms with Gasteiger partial charge < -0.3 is 14.8 Å². The number of likely N-dealkylation sites (N-methyl/N-ethyl adjacent to an activating group) is 1. The summed E-state index contributed by atoms with van der Waals surface area (Å²) in [5, 5.41) is 4.99. The molecule has 1 unspecified atom stereocenters. The molecule has 5 heteroatoms. The normalized spacial score (nSPS) is 21.6. The van der Waals surface area contributed by atoms with Gasteiger partial charge in [-0.15, -0.1) is 0 Å². The number of morpholine rings is 1. The lowest BCUT2D eigenvalue weighted by Crippen LogP contribution is -2.57. The Hall–Kier alpha value is -2.11. The van der Waals surface area contributed by atoms with E-state index in [4.69, 9.17) is 9.47 Å². The fourth-order valence-electron chi connectivity index (χ4n) is 3.38. The molecular weight excluding hydrogens is 304 g/mol. The van der Waals surface area contributed by atoms with E-state index in [2.05, 4.69) is 28.4 Å². The molecule has 5 nitrogen and oxygen atoms in total. The second kappa shape index (κ2) is 6.79. The van der Waals surface area contributed by atoms with Gasteiger partial charge in [0, 0.05) is 32.1 Å². The molecule has 1 saturated heterocycles. The van der Waals surface area contributed by atoms with Crippen LogP contribution in [0.1, 0.15) is 12.5 Å². The van der Waals surface area contributed by atoms with Crippen LogP contribution in [0.3, 0.4) is 0 Å². The number of nitrogens with zero attached hydrogens (tertiary/aromatic N) is 1. The zero-order chi connectivity index (χ0) is 17.2. The number of ether oxygens (including phenoxy) is 2. The highest BCUT2D eigenvalue weighted by molar-refractivity contribution is 5.91. The summed E-state index contributed by atoms with van der Waals surface area (Å²) in [5.41, 5.74) is 0.433. The Bertz CT molecular complexity index is 746. The SMILES string of the molecule is CNC(=O)C1(C)CN(Cc2ccc(OC)c3ccccc23)CCO1. The van der Waals surface area contributed by atoms with Gasteiger partial charge in [0.15, 0.2) is 5.60 Å². The van der Waals surface area contributed by atoms with Crippen LogP contribution in [-0.2, 0) is 16.1 Å². The van der Waals surface area contributed by atoms with Crippen LogP contribution in [0, 0.1) is 0 Å². The number of amides is 1. The highest BCUT2D eigenvalue weighted by Gasteiger charge is 2.38. The number of hydrogen-bond acceptors (Lipinski definition) is 4. The molecule has 1 aliphatic heterocycles. The summed E-state index contributed by atoms with van der Waals surface area (Å²) in [5.74, 6) is 0.804. The van der Waals surface area contributed by atoms with Gasteiger partial charge in [-0.1, -0.05) is 30.3 Å². The van der Waals surface area contributed by atoms with Gasteiger partial charge in [0.2, 0.25) is 0 Å². The van der Waals surface area contributed by atoms with Crippen molar-refractivity contribution in [1.82, 2.24) is 10.2 Å². The predicted octanol–water partition coefficient (Wildman–Crippen LogP) is 2.19. The molecule has 1 amide bonds. The van der Waals surface area contributed by atoms with E-state index in [0.29, 0.717) is 13.2 Å². The third kappa shape index (κ3) is 3.09. The Balaban J connectivity index is 1.86.